The van der Waals surface area contributed by atoms with E-state index in [0.29, 0.717) is 22.7 Å². The molecule has 4 rings (SSSR count). The first-order valence-corrected chi connectivity index (χ1v) is 11.7. The molecular formula is C23H33ClN6O2. The number of likely N-dealkylation sites (N-methyl/N-ethyl adjacent to an activating group) is 1. The van der Waals surface area contributed by atoms with Crippen LogP contribution in [0.2, 0.25) is 5.02 Å². The van der Waals surface area contributed by atoms with Crippen LogP contribution in [0.4, 0.5) is 23.1 Å². The summed E-state index contributed by atoms with van der Waals surface area (Å²) in [5, 5.41) is 7.26. The number of anilines is 4. The molecule has 2 N–H and O–H groups in total. The number of halogens is 1. The molecule has 0 amide bonds. The van der Waals surface area contributed by atoms with E-state index in [-0.39, 0.29) is 6.04 Å². The second-order valence-electron chi connectivity index (χ2n) is 8.57. The van der Waals surface area contributed by atoms with Gasteiger partial charge >= 0.3 is 0 Å². The van der Waals surface area contributed by atoms with Gasteiger partial charge in [0.1, 0.15) is 10.8 Å². The first-order chi connectivity index (χ1) is 15.5. The van der Waals surface area contributed by atoms with Gasteiger partial charge < -0.3 is 29.9 Å². The smallest absolute Gasteiger partial charge is 0.229 e. The highest BCUT2D eigenvalue weighted by Gasteiger charge is 2.22. The Balaban J connectivity index is 1.46. The van der Waals surface area contributed by atoms with E-state index < -0.39 is 0 Å². The number of aromatic nitrogens is 2. The molecule has 174 valence electrons. The van der Waals surface area contributed by atoms with Crippen molar-refractivity contribution in [1.29, 1.82) is 0 Å². The third-order valence-corrected chi connectivity index (χ3v) is 6.66. The third kappa shape index (κ3) is 5.54. The fourth-order valence-electron chi connectivity index (χ4n) is 4.24. The van der Waals surface area contributed by atoms with Crippen molar-refractivity contribution in [3.8, 4) is 5.75 Å². The van der Waals surface area contributed by atoms with Gasteiger partial charge in [-0.05, 0) is 44.9 Å². The predicted octanol–water partition coefficient (Wildman–Crippen LogP) is 3.86. The van der Waals surface area contributed by atoms with Crippen LogP contribution in [0.1, 0.15) is 19.8 Å². The Morgan fingerprint density at radius 1 is 1.19 bits per heavy atom. The Morgan fingerprint density at radius 3 is 2.66 bits per heavy atom. The Morgan fingerprint density at radius 2 is 1.94 bits per heavy atom. The summed E-state index contributed by atoms with van der Waals surface area (Å²) in [7, 11) is 3.84. The number of nitrogens with one attached hydrogen (secondary N) is 2. The molecule has 8 nitrogen and oxygen atoms in total. The summed E-state index contributed by atoms with van der Waals surface area (Å²) in [4.78, 5) is 13.7. The van der Waals surface area contributed by atoms with Crippen LogP contribution in [-0.2, 0) is 4.74 Å². The number of rotatable bonds is 7. The average molecular weight is 461 g/mol. The van der Waals surface area contributed by atoms with Crippen molar-refractivity contribution in [3.63, 3.8) is 0 Å². The molecule has 1 aromatic carbocycles. The minimum atomic E-state index is 0.247. The van der Waals surface area contributed by atoms with Crippen molar-refractivity contribution >= 4 is 34.7 Å². The van der Waals surface area contributed by atoms with Gasteiger partial charge in [-0.2, -0.15) is 4.98 Å². The predicted molar refractivity (Wildman–Crippen MR) is 130 cm³/mol. The number of methoxy groups -OCH3 is 1. The second-order valence-corrected chi connectivity index (χ2v) is 8.98. The van der Waals surface area contributed by atoms with Crippen molar-refractivity contribution in [1.82, 2.24) is 14.9 Å². The standard InChI is InChI=1S/C23H33ClN6O2/c1-16(17-6-12-32-13-7-17)26-22-19(24)15-25-23(28-22)27-20-5-4-18(14-21(20)31-3)30-10-8-29(2)9-11-30/h4-5,14-17H,6-13H2,1-3H3,(H2,25,26,27,28). The van der Waals surface area contributed by atoms with Gasteiger partial charge in [-0.1, -0.05) is 11.6 Å². The van der Waals surface area contributed by atoms with Crippen LogP contribution >= 0.6 is 11.6 Å². The first kappa shape index (κ1) is 22.9. The zero-order valence-corrected chi connectivity index (χ0v) is 19.9. The van der Waals surface area contributed by atoms with Gasteiger partial charge in [-0.15, -0.1) is 0 Å². The number of hydrogen-bond acceptors (Lipinski definition) is 8. The van der Waals surface area contributed by atoms with E-state index in [0.717, 1.165) is 69.4 Å². The fraction of sp³-hybridized carbons (Fsp3) is 0.565. The van der Waals surface area contributed by atoms with E-state index in [2.05, 4.69) is 56.5 Å². The number of nitrogens with zero attached hydrogens (tertiary/aromatic N) is 4. The Kier molecular flexibility index (Phi) is 7.55. The molecule has 0 bridgehead atoms. The highest BCUT2D eigenvalue weighted by Crippen LogP contribution is 2.33. The number of benzene rings is 1. The number of ether oxygens (including phenoxy) is 2. The summed E-state index contributed by atoms with van der Waals surface area (Å²) >= 11 is 6.38. The molecule has 0 spiro atoms. The van der Waals surface area contributed by atoms with E-state index in [9.17, 15) is 0 Å². The normalized spacial score (nSPS) is 18.9. The first-order valence-electron chi connectivity index (χ1n) is 11.3. The number of piperazine rings is 1. The summed E-state index contributed by atoms with van der Waals surface area (Å²) < 4.78 is 11.1. The van der Waals surface area contributed by atoms with Crippen LogP contribution in [0.15, 0.2) is 24.4 Å². The molecule has 32 heavy (non-hydrogen) atoms. The van der Waals surface area contributed by atoms with Crippen LogP contribution in [0.5, 0.6) is 5.75 Å². The van der Waals surface area contributed by atoms with Gasteiger partial charge in [0, 0.05) is 57.2 Å². The zero-order chi connectivity index (χ0) is 22.5. The maximum Gasteiger partial charge on any atom is 0.229 e. The Bertz CT molecular complexity index is 900. The van der Waals surface area contributed by atoms with Gasteiger partial charge in [-0.3, -0.25) is 0 Å². The zero-order valence-electron chi connectivity index (χ0n) is 19.1. The molecule has 0 radical (unpaired) electrons. The van der Waals surface area contributed by atoms with Crippen LogP contribution in [-0.4, -0.2) is 74.5 Å². The second kappa shape index (κ2) is 10.6. The van der Waals surface area contributed by atoms with E-state index in [4.69, 9.17) is 21.1 Å². The fourth-order valence-corrected chi connectivity index (χ4v) is 4.39. The van der Waals surface area contributed by atoms with Gasteiger partial charge in [0.15, 0.2) is 5.82 Å². The Hall–Kier alpha value is -2.29. The van der Waals surface area contributed by atoms with Gasteiger partial charge in [0.25, 0.3) is 0 Å². The summed E-state index contributed by atoms with van der Waals surface area (Å²) in [6.45, 7) is 7.92. The molecule has 3 heterocycles. The van der Waals surface area contributed by atoms with Crippen molar-refractivity contribution in [2.75, 3.05) is 69.1 Å². The molecule has 2 saturated heterocycles. The van der Waals surface area contributed by atoms with Crippen LogP contribution in [0, 0.1) is 5.92 Å². The molecule has 2 aliphatic rings. The average Bonchev–Trinajstić information content (AvgIpc) is 2.82. The molecule has 1 unspecified atom stereocenters. The molecule has 2 aromatic rings. The maximum atomic E-state index is 6.38. The van der Waals surface area contributed by atoms with Crippen LogP contribution < -0.4 is 20.3 Å². The van der Waals surface area contributed by atoms with Gasteiger partial charge in [0.05, 0.1) is 19.0 Å². The minimum Gasteiger partial charge on any atom is -0.494 e. The van der Waals surface area contributed by atoms with Crippen LogP contribution in [0.25, 0.3) is 0 Å². The summed E-state index contributed by atoms with van der Waals surface area (Å²) in [6, 6.07) is 6.44. The van der Waals surface area contributed by atoms with Crippen molar-refractivity contribution in [2.45, 2.75) is 25.8 Å². The maximum absolute atomic E-state index is 6.38. The quantitative estimate of drug-likeness (QED) is 0.645. The summed E-state index contributed by atoms with van der Waals surface area (Å²) in [5.41, 5.74) is 1.97. The molecule has 1 aromatic heterocycles. The molecule has 0 saturated carbocycles. The highest BCUT2D eigenvalue weighted by atomic mass is 35.5. The largest absolute Gasteiger partial charge is 0.494 e. The highest BCUT2D eigenvalue weighted by molar-refractivity contribution is 6.32. The Labute approximate surface area is 195 Å². The SMILES string of the molecule is COc1cc(N2CCN(C)CC2)ccc1Nc1ncc(Cl)c(NC(C)C2CCOCC2)n1. The summed E-state index contributed by atoms with van der Waals surface area (Å²) in [6.07, 6.45) is 3.71. The van der Waals surface area contributed by atoms with Crippen molar-refractivity contribution < 1.29 is 9.47 Å². The van der Waals surface area contributed by atoms with Gasteiger partial charge in [0.2, 0.25) is 5.95 Å². The van der Waals surface area contributed by atoms with E-state index in [1.807, 2.05) is 6.07 Å². The van der Waals surface area contributed by atoms with E-state index >= 15 is 0 Å². The van der Waals surface area contributed by atoms with Crippen LogP contribution in [0.3, 0.4) is 0 Å². The van der Waals surface area contributed by atoms with Crippen molar-refractivity contribution in [2.24, 2.45) is 5.92 Å². The lowest BCUT2D eigenvalue weighted by Gasteiger charge is -2.34. The molecular weight excluding hydrogens is 428 g/mol. The third-order valence-electron chi connectivity index (χ3n) is 6.38. The van der Waals surface area contributed by atoms with E-state index in [1.54, 1.807) is 13.3 Å². The molecule has 0 aliphatic carbocycles. The van der Waals surface area contributed by atoms with Crippen molar-refractivity contribution in [3.05, 3.63) is 29.4 Å². The molecule has 9 heteroatoms. The number of hydrogen-bond donors (Lipinski definition) is 2. The molecule has 2 fully saturated rings. The summed E-state index contributed by atoms with van der Waals surface area (Å²) in [5.74, 6) is 2.40. The van der Waals surface area contributed by atoms with Gasteiger partial charge in [-0.25, -0.2) is 4.98 Å². The lowest BCUT2D eigenvalue weighted by Crippen LogP contribution is -2.44. The lowest BCUT2D eigenvalue weighted by atomic mass is 9.93. The van der Waals surface area contributed by atoms with E-state index in [1.165, 1.54) is 0 Å². The lowest BCUT2D eigenvalue weighted by molar-refractivity contribution is 0.0622. The molecule has 1 atom stereocenters. The topological polar surface area (TPSA) is 74.8 Å². The monoisotopic (exact) mass is 460 g/mol. The molecule has 2 aliphatic heterocycles. The minimum absolute atomic E-state index is 0.247.